The zero-order valence-corrected chi connectivity index (χ0v) is 12.5. The smallest absolute Gasteiger partial charge is 0.244 e. The second-order valence-corrected chi connectivity index (χ2v) is 6.67. The Kier molecular flexibility index (Phi) is 5.23. The molecule has 3 nitrogen and oxygen atoms in total. The summed E-state index contributed by atoms with van der Waals surface area (Å²) in [5.41, 5.74) is 5.79. The molecule has 1 amide bonds. The number of carbonyl (C=O) groups is 1. The summed E-state index contributed by atoms with van der Waals surface area (Å²) in [5.74, 6) is -0.0331. The average molecular weight is 266 g/mol. The fraction of sp³-hybridized carbons (Fsp3) is 0.500. The van der Waals surface area contributed by atoms with Crippen molar-refractivity contribution in [3.8, 4) is 0 Å². The van der Waals surface area contributed by atoms with Gasteiger partial charge in [-0.25, -0.2) is 5.43 Å². The number of rotatable bonds is 5. The largest absolute Gasteiger partial charge is 0.291 e. The number of benzene rings is 1. The molecule has 1 aromatic rings. The van der Waals surface area contributed by atoms with Crippen LogP contribution in [0.15, 0.2) is 29.2 Å². The summed E-state index contributed by atoms with van der Waals surface area (Å²) in [6, 6.07) is 8.21. The van der Waals surface area contributed by atoms with Crippen LogP contribution in [-0.4, -0.2) is 18.2 Å². The van der Waals surface area contributed by atoms with E-state index >= 15 is 0 Å². The molecule has 0 radical (unpaired) electrons. The van der Waals surface area contributed by atoms with Gasteiger partial charge < -0.3 is 0 Å². The Hall–Kier alpha value is -1.00. The lowest BCUT2D eigenvalue weighted by Crippen LogP contribution is -2.45. The third-order valence-electron chi connectivity index (χ3n) is 2.75. The molecule has 0 aliphatic carbocycles. The number of carbonyl (C=O) groups excluding carboxylic acids is 1. The highest BCUT2D eigenvalue weighted by atomic mass is 32.2. The Morgan fingerprint density at radius 2 is 1.78 bits per heavy atom. The van der Waals surface area contributed by atoms with E-state index < -0.39 is 5.41 Å². The van der Waals surface area contributed by atoms with Gasteiger partial charge in [0.25, 0.3) is 0 Å². The first-order chi connectivity index (χ1) is 8.37. The molecule has 0 saturated carbocycles. The Labute approximate surface area is 114 Å². The Balaban J connectivity index is 2.86. The summed E-state index contributed by atoms with van der Waals surface area (Å²) in [6.45, 7) is 8.18. The highest BCUT2D eigenvalue weighted by Gasteiger charge is 2.29. The van der Waals surface area contributed by atoms with Crippen molar-refractivity contribution in [3.05, 3.63) is 29.8 Å². The van der Waals surface area contributed by atoms with E-state index in [1.54, 1.807) is 7.05 Å². The molecule has 0 spiro atoms. The number of thioether (sulfide) groups is 1. The molecule has 0 heterocycles. The minimum atomic E-state index is -0.538. The maximum absolute atomic E-state index is 11.9. The van der Waals surface area contributed by atoms with Gasteiger partial charge in [-0.3, -0.25) is 10.2 Å². The topological polar surface area (TPSA) is 41.1 Å². The van der Waals surface area contributed by atoms with Crippen LogP contribution in [0.1, 0.15) is 33.3 Å². The zero-order valence-electron chi connectivity index (χ0n) is 11.7. The van der Waals surface area contributed by atoms with Crippen LogP contribution in [0, 0.1) is 0 Å². The molecule has 1 rings (SSSR count). The summed E-state index contributed by atoms with van der Waals surface area (Å²) in [5, 5.41) is 0.566. The van der Waals surface area contributed by atoms with Crippen LogP contribution >= 0.6 is 11.8 Å². The van der Waals surface area contributed by atoms with Crippen LogP contribution in [0.2, 0.25) is 0 Å². The maximum Gasteiger partial charge on any atom is 0.244 e. The third-order valence-corrected chi connectivity index (χ3v) is 3.77. The fourth-order valence-electron chi connectivity index (χ4n) is 1.62. The van der Waals surface area contributed by atoms with Crippen molar-refractivity contribution >= 4 is 17.7 Å². The zero-order chi connectivity index (χ0) is 13.8. The summed E-state index contributed by atoms with van der Waals surface area (Å²) in [7, 11) is 1.69. The molecule has 0 aliphatic rings. The summed E-state index contributed by atoms with van der Waals surface area (Å²) in [4.78, 5) is 13.2. The van der Waals surface area contributed by atoms with Crippen molar-refractivity contribution in [1.82, 2.24) is 10.9 Å². The van der Waals surface area contributed by atoms with Gasteiger partial charge in [0.2, 0.25) is 5.91 Å². The molecule has 100 valence electrons. The second kappa shape index (κ2) is 6.25. The molecule has 4 heteroatoms. The Bertz CT molecular complexity index is 399. The number of hydrogen-bond acceptors (Lipinski definition) is 3. The van der Waals surface area contributed by atoms with Crippen LogP contribution in [-0.2, 0) is 10.2 Å². The number of hydrogen-bond donors (Lipinski definition) is 2. The molecular weight excluding hydrogens is 244 g/mol. The van der Waals surface area contributed by atoms with Gasteiger partial charge in [-0.1, -0.05) is 26.0 Å². The van der Waals surface area contributed by atoms with Gasteiger partial charge in [0.15, 0.2) is 0 Å². The van der Waals surface area contributed by atoms with Crippen molar-refractivity contribution in [1.29, 1.82) is 0 Å². The van der Waals surface area contributed by atoms with Gasteiger partial charge in [0, 0.05) is 17.2 Å². The van der Waals surface area contributed by atoms with Crippen LogP contribution in [0.25, 0.3) is 0 Å². The molecule has 2 N–H and O–H groups in total. The molecule has 0 saturated heterocycles. The van der Waals surface area contributed by atoms with E-state index in [1.165, 1.54) is 4.90 Å². The highest BCUT2D eigenvalue weighted by molar-refractivity contribution is 7.99. The lowest BCUT2D eigenvalue weighted by Gasteiger charge is -2.24. The van der Waals surface area contributed by atoms with Gasteiger partial charge >= 0.3 is 0 Å². The first-order valence-electron chi connectivity index (χ1n) is 6.12. The molecule has 0 atom stereocenters. The molecule has 0 aliphatic heterocycles. The van der Waals surface area contributed by atoms with Crippen molar-refractivity contribution in [3.63, 3.8) is 0 Å². The minimum Gasteiger partial charge on any atom is -0.291 e. The fourth-order valence-corrected chi connectivity index (χ4v) is 2.46. The van der Waals surface area contributed by atoms with E-state index in [4.69, 9.17) is 0 Å². The molecule has 18 heavy (non-hydrogen) atoms. The van der Waals surface area contributed by atoms with E-state index in [0.29, 0.717) is 5.25 Å². The van der Waals surface area contributed by atoms with Crippen molar-refractivity contribution in [2.24, 2.45) is 0 Å². The molecule has 0 unspecified atom stereocenters. The average Bonchev–Trinajstić information content (AvgIpc) is 2.29. The minimum absolute atomic E-state index is 0.0331. The molecule has 0 aromatic heterocycles. The predicted octanol–water partition coefficient (Wildman–Crippen LogP) is 2.72. The number of amides is 1. The van der Waals surface area contributed by atoms with Gasteiger partial charge in [0.05, 0.1) is 5.41 Å². The maximum atomic E-state index is 11.9. The Morgan fingerprint density at radius 3 is 2.22 bits per heavy atom. The molecule has 0 bridgehead atoms. The van der Waals surface area contributed by atoms with Crippen molar-refractivity contribution in [2.75, 3.05) is 7.05 Å². The predicted molar refractivity (Wildman–Crippen MR) is 77.7 cm³/mol. The number of nitrogens with one attached hydrogen (secondary N) is 2. The molecular formula is C14H22N2OS. The van der Waals surface area contributed by atoms with Crippen LogP contribution in [0.5, 0.6) is 0 Å². The second-order valence-electron chi connectivity index (χ2n) is 5.02. The quantitative estimate of drug-likeness (QED) is 0.636. The first-order valence-corrected chi connectivity index (χ1v) is 7.00. The van der Waals surface area contributed by atoms with Crippen molar-refractivity contribution in [2.45, 2.75) is 43.3 Å². The molecule has 0 fully saturated rings. The highest BCUT2D eigenvalue weighted by Crippen LogP contribution is 2.28. The summed E-state index contributed by atoms with van der Waals surface area (Å²) < 4.78 is 0. The number of hydrazine groups is 1. The van der Waals surface area contributed by atoms with E-state index in [9.17, 15) is 4.79 Å². The molecule has 1 aromatic carbocycles. The van der Waals surface area contributed by atoms with E-state index in [2.05, 4.69) is 36.8 Å². The standard InChI is InChI=1S/C14H22N2OS/c1-10(2)18-12-8-6-11(7-9-12)14(3,4)13(17)16-15-5/h6-10,15H,1-5H3,(H,16,17). The Morgan fingerprint density at radius 1 is 1.22 bits per heavy atom. The van der Waals surface area contributed by atoms with Crippen LogP contribution in [0.3, 0.4) is 0 Å². The lowest BCUT2D eigenvalue weighted by atomic mass is 9.84. The monoisotopic (exact) mass is 266 g/mol. The lowest BCUT2D eigenvalue weighted by molar-refractivity contribution is -0.126. The normalized spacial score (nSPS) is 11.7. The van der Waals surface area contributed by atoms with Crippen molar-refractivity contribution < 1.29 is 4.79 Å². The summed E-state index contributed by atoms with van der Waals surface area (Å²) in [6.07, 6.45) is 0. The van der Waals surface area contributed by atoms with Gasteiger partial charge in [0.1, 0.15) is 0 Å². The third kappa shape index (κ3) is 3.75. The van der Waals surface area contributed by atoms with Crippen LogP contribution in [0.4, 0.5) is 0 Å². The van der Waals surface area contributed by atoms with Gasteiger partial charge in [-0.15, -0.1) is 11.8 Å². The van der Waals surface area contributed by atoms with E-state index in [-0.39, 0.29) is 5.91 Å². The van der Waals surface area contributed by atoms with Gasteiger partial charge in [-0.2, -0.15) is 0 Å². The first kappa shape index (κ1) is 15.1. The van der Waals surface area contributed by atoms with Gasteiger partial charge in [-0.05, 0) is 31.5 Å². The van der Waals surface area contributed by atoms with E-state index in [0.717, 1.165) is 5.56 Å². The van der Waals surface area contributed by atoms with E-state index in [1.807, 2.05) is 37.7 Å². The summed E-state index contributed by atoms with van der Waals surface area (Å²) >= 11 is 1.82. The SMILES string of the molecule is CNNC(=O)C(C)(C)c1ccc(SC(C)C)cc1. The van der Waals surface area contributed by atoms with Crippen LogP contribution < -0.4 is 10.9 Å².